The van der Waals surface area contributed by atoms with Crippen LogP contribution in [0.25, 0.3) is 0 Å². The van der Waals surface area contributed by atoms with Crippen molar-refractivity contribution < 1.29 is 4.52 Å². The second-order valence-corrected chi connectivity index (χ2v) is 6.43. The third-order valence-corrected chi connectivity index (χ3v) is 4.64. The molecule has 5 heteroatoms. The van der Waals surface area contributed by atoms with Crippen LogP contribution in [0.1, 0.15) is 61.6 Å². The topological polar surface area (TPSA) is 63.8 Å². The Hall–Kier alpha value is -1.75. The quantitative estimate of drug-likeness (QED) is 0.887. The Morgan fingerprint density at radius 3 is 2.70 bits per heavy atom. The lowest BCUT2D eigenvalue weighted by molar-refractivity contribution is 0.282. The maximum Gasteiger partial charge on any atom is 0.229 e. The third-order valence-electron chi connectivity index (χ3n) is 4.64. The number of hydrogen-bond acceptors (Lipinski definition) is 5. The molecule has 1 N–H and O–H groups in total. The highest BCUT2D eigenvalue weighted by Crippen LogP contribution is 2.31. The van der Waals surface area contributed by atoms with Gasteiger partial charge in [-0.15, -0.1) is 0 Å². The van der Waals surface area contributed by atoms with Crippen LogP contribution in [0.15, 0.2) is 22.7 Å². The lowest BCUT2D eigenvalue weighted by Gasteiger charge is -2.27. The third kappa shape index (κ3) is 4.38. The summed E-state index contributed by atoms with van der Waals surface area (Å²) in [4.78, 5) is 9.03. The molecule has 3 rings (SSSR count). The number of aryl methyl sites for hydroxylation is 2. The molecule has 124 valence electrons. The summed E-state index contributed by atoms with van der Waals surface area (Å²) >= 11 is 0. The second-order valence-electron chi connectivity index (χ2n) is 6.43. The van der Waals surface area contributed by atoms with Gasteiger partial charge >= 0.3 is 0 Å². The Labute approximate surface area is 137 Å². The van der Waals surface area contributed by atoms with Crippen molar-refractivity contribution in [1.29, 1.82) is 0 Å². The zero-order chi connectivity index (χ0) is 16.1. The summed E-state index contributed by atoms with van der Waals surface area (Å²) in [6.07, 6.45) is 6.45. The van der Waals surface area contributed by atoms with Crippen molar-refractivity contribution in [3.8, 4) is 0 Å². The maximum atomic E-state index is 5.39. The molecule has 0 amide bonds. The molecule has 0 saturated heterocycles. The minimum Gasteiger partial charge on any atom is -0.339 e. The van der Waals surface area contributed by atoms with Gasteiger partial charge in [-0.2, -0.15) is 4.98 Å². The number of nitrogens with one attached hydrogen (secondary N) is 1. The molecule has 1 saturated carbocycles. The molecule has 2 aromatic heterocycles. The Balaban J connectivity index is 1.40. The molecule has 1 aliphatic rings. The Kier molecular flexibility index (Phi) is 5.39. The fraction of sp³-hybridized carbons (Fsp3) is 0.611. The fourth-order valence-corrected chi connectivity index (χ4v) is 3.26. The largest absolute Gasteiger partial charge is 0.339 e. The molecular formula is C18H26N4O. The van der Waals surface area contributed by atoms with E-state index in [0.717, 1.165) is 49.6 Å². The van der Waals surface area contributed by atoms with E-state index in [0.29, 0.717) is 12.0 Å². The summed E-state index contributed by atoms with van der Waals surface area (Å²) in [5.74, 6) is 2.11. The summed E-state index contributed by atoms with van der Waals surface area (Å²) in [7, 11) is 0. The van der Waals surface area contributed by atoms with E-state index in [9.17, 15) is 0 Å². The van der Waals surface area contributed by atoms with Gasteiger partial charge in [0.25, 0.3) is 0 Å². The molecule has 0 aliphatic heterocycles. The Bertz CT molecular complexity index is 617. The Morgan fingerprint density at radius 1 is 1.17 bits per heavy atom. The second kappa shape index (κ2) is 7.68. The van der Waals surface area contributed by atoms with Gasteiger partial charge in [-0.05, 0) is 44.7 Å². The van der Waals surface area contributed by atoms with Crippen LogP contribution in [0.5, 0.6) is 0 Å². The molecule has 23 heavy (non-hydrogen) atoms. The summed E-state index contributed by atoms with van der Waals surface area (Å²) < 4.78 is 5.39. The van der Waals surface area contributed by atoms with E-state index in [2.05, 4.69) is 39.5 Å². The van der Waals surface area contributed by atoms with Crippen LogP contribution >= 0.6 is 0 Å². The van der Waals surface area contributed by atoms with E-state index in [1.807, 2.05) is 13.0 Å². The highest BCUT2D eigenvalue weighted by Gasteiger charge is 2.25. The van der Waals surface area contributed by atoms with Gasteiger partial charge in [-0.3, -0.25) is 4.98 Å². The number of pyridine rings is 1. The maximum absolute atomic E-state index is 5.39. The van der Waals surface area contributed by atoms with Gasteiger partial charge in [-0.1, -0.05) is 18.1 Å². The normalized spacial score (nSPS) is 21.5. The van der Waals surface area contributed by atoms with E-state index < -0.39 is 0 Å². The summed E-state index contributed by atoms with van der Waals surface area (Å²) in [5.41, 5.74) is 2.26. The molecule has 2 heterocycles. The first-order chi connectivity index (χ1) is 11.2. The SMILES string of the molecule is CCc1noc(C2CCC(NCCc3cccc(C)n3)CC2)n1. The van der Waals surface area contributed by atoms with Gasteiger partial charge in [-0.25, -0.2) is 0 Å². The first-order valence-corrected chi connectivity index (χ1v) is 8.73. The molecule has 0 aromatic carbocycles. The number of hydrogen-bond donors (Lipinski definition) is 1. The first-order valence-electron chi connectivity index (χ1n) is 8.73. The summed E-state index contributed by atoms with van der Waals surface area (Å²) in [6.45, 7) is 5.09. The standard InChI is InChI=1S/C18H26N4O/c1-3-17-21-18(23-22-17)14-7-9-15(10-8-14)19-12-11-16-6-4-5-13(2)20-16/h4-6,14-15,19H,3,7-12H2,1-2H3. The van der Waals surface area contributed by atoms with Crippen molar-refractivity contribution in [3.63, 3.8) is 0 Å². The minimum absolute atomic E-state index is 0.444. The van der Waals surface area contributed by atoms with Gasteiger partial charge in [0.15, 0.2) is 5.82 Å². The lowest BCUT2D eigenvalue weighted by atomic mass is 9.86. The van der Waals surface area contributed by atoms with Gasteiger partial charge in [0.05, 0.1) is 0 Å². The van der Waals surface area contributed by atoms with Crippen LogP contribution < -0.4 is 5.32 Å². The van der Waals surface area contributed by atoms with Crippen LogP contribution in [-0.2, 0) is 12.8 Å². The van der Waals surface area contributed by atoms with E-state index in [4.69, 9.17) is 4.52 Å². The van der Waals surface area contributed by atoms with E-state index >= 15 is 0 Å². The van der Waals surface area contributed by atoms with E-state index in [-0.39, 0.29) is 0 Å². The monoisotopic (exact) mass is 314 g/mol. The molecular weight excluding hydrogens is 288 g/mol. The van der Waals surface area contributed by atoms with Gasteiger partial charge in [0.1, 0.15) is 0 Å². The minimum atomic E-state index is 0.444. The molecule has 0 bridgehead atoms. The molecule has 1 aliphatic carbocycles. The highest BCUT2D eigenvalue weighted by atomic mass is 16.5. The predicted octanol–water partition coefficient (Wildman–Crippen LogP) is 3.19. The highest BCUT2D eigenvalue weighted by molar-refractivity contribution is 5.10. The van der Waals surface area contributed by atoms with Crippen molar-refractivity contribution >= 4 is 0 Å². The average molecular weight is 314 g/mol. The molecule has 2 aromatic rings. The van der Waals surface area contributed by atoms with Gasteiger partial charge in [0, 0.05) is 42.7 Å². The molecule has 0 radical (unpaired) electrons. The van der Waals surface area contributed by atoms with Crippen molar-refractivity contribution in [3.05, 3.63) is 41.3 Å². The smallest absolute Gasteiger partial charge is 0.229 e. The van der Waals surface area contributed by atoms with Crippen LogP contribution in [0.2, 0.25) is 0 Å². The number of nitrogens with zero attached hydrogens (tertiary/aromatic N) is 3. The lowest BCUT2D eigenvalue weighted by Crippen LogP contribution is -2.34. The van der Waals surface area contributed by atoms with Crippen LogP contribution in [0.4, 0.5) is 0 Å². The zero-order valence-electron chi connectivity index (χ0n) is 14.1. The fourth-order valence-electron chi connectivity index (χ4n) is 3.26. The number of aromatic nitrogens is 3. The molecule has 5 nitrogen and oxygen atoms in total. The van der Waals surface area contributed by atoms with E-state index in [1.54, 1.807) is 0 Å². The summed E-state index contributed by atoms with van der Waals surface area (Å²) in [5, 5.41) is 7.68. The Morgan fingerprint density at radius 2 is 2.00 bits per heavy atom. The average Bonchev–Trinajstić information content (AvgIpc) is 3.05. The molecule has 0 unspecified atom stereocenters. The molecule has 0 atom stereocenters. The van der Waals surface area contributed by atoms with Crippen molar-refractivity contribution in [2.45, 2.75) is 64.3 Å². The van der Waals surface area contributed by atoms with Crippen molar-refractivity contribution in [1.82, 2.24) is 20.4 Å². The van der Waals surface area contributed by atoms with Crippen molar-refractivity contribution in [2.24, 2.45) is 0 Å². The number of rotatable bonds is 6. The van der Waals surface area contributed by atoms with Gasteiger partial charge < -0.3 is 9.84 Å². The van der Waals surface area contributed by atoms with Crippen LogP contribution in [-0.4, -0.2) is 27.7 Å². The van der Waals surface area contributed by atoms with E-state index in [1.165, 1.54) is 18.5 Å². The van der Waals surface area contributed by atoms with Crippen LogP contribution in [0, 0.1) is 6.92 Å². The molecule has 0 spiro atoms. The summed E-state index contributed by atoms with van der Waals surface area (Å²) in [6, 6.07) is 6.83. The zero-order valence-corrected chi connectivity index (χ0v) is 14.1. The molecule has 1 fully saturated rings. The first kappa shape index (κ1) is 16.1. The predicted molar refractivity (Wildman–Crippen MR) is 89.4 cm³/mol. The van der Waals surface area contributed by atoms with Crippen molar-refractivity contribution in [2.75, 3.05) is 6.54 Å². The van der Waals surface area contributed by atoms with Gasteiger partial charge in [0.2, 0.25) is 5.89 Å². The van der Waals surface area contributed by atoms with Crippen LogP contribution in [0.3, 0.4) is 0 Å².